The highest BCUT2D eigenvalue weighted by atomic mass is 15.1. The number of piperidine rings is 1. The topological polar surface area (TPSA) is 3.24 Å². The second-order valence-electron chi connectivity index (χ2n) is 3.00. The fraction of sp³-hybridized carbons (Fsp3) is 0.867. The third kappa shape index (κ3) is 13.5. The van der Waals surface area contributed by atoms with Crippen LogP contribution in [-0.4, -0.2) is 25.0 Å². The molecule has 0 N–H and O–H groups in total. The Kier molecular flexibility index (Phi) is 26.1. The lowest BCUT2D eigenvalue weighted by Gasteiger charge is -2.26. The van der Waals surface area contributed by atoms with Gasteiger partial charge in [0, 0.05) is 12.5 Å². The van der Waals surface area contributed by atoms with E-state index in [2.05, 4.69) is 23.8 Å². The minimum atomic E-state index is 0.642. The zero-order valence-electron chi connectivity index (χ0n) is 12.9. The van der Waals surface area contributed by atoms with Crippen LogP contribution in [0, 0.1) is 17.8 Å². The van der Waals surface area contributed by atoms with Gasteiger partial charge in [-0.15, -0.1) is 5.92 Å². The number of rotatable bonds is 0. The molecule has 0 aliphatic carbocycles. The maximum atomic E-state index is 3.22. The highest BCUT2D eigenvalue weighted by molar-refractivity contribution is 5.02. The van der Waals surface area contributed by atoms with Crippen LogP contribution >= 0.6 is 0 Å². The SMILES string of the molecule is CC.CC.CC.CC#CC1CCCN(C)C1. The second kappa shape index (κ2) is 20.0. The van der Waals surface area contributed by atoms with Crippen molar-refractivity contribution < 1.29 is 0 Å². The first-order valence-corrected chi connectivity index (χ1v) is 6.93. The summed E-state index contributed by atoms with van der Waals surface area (Å²) in [5.74, 6) is 6.85. The number of hydrogen-bond acceptors (Lipinski definition) is 1. The molecule has 1 heteroatoms. The van der Waals surface area contributed by atoms with Crippen LogP contribution in [0.15, 0.2) is 0 Å². The second-order valence-corrected chi connectivity index (χ2v) is 3.00. The fourth-order valence-corrected chi connectivity index (χ4v) is 1.49. The minimum absolute atomic E-state index is 0.642. The Bertz CT molecular complexity index is 153. The summed E-state index contributed by atoms with van der Waals surface area (Å²) < 4.78 is 0. The summed E-state index contributed by atoms with van der Waals surface area (Å²) in [7, 11) is 2.17. The van der Waals surface area contributed by atoms with Gasteiger partial charge in [0.2, 0.25) is 0 Å². The molecule has 1 rings (SSSR count). The zero-order chi connectivity index (χ0) is 13.4. The lowest BCUT2D eigenvalue weighted by Crippen LogP contribution is -2.31. The lowest BCUT2D eigenvalue weighted by atomic mass is 9.99. The summed E-state index contributed by atoms with van der Waals surface area (Å²) >= 11 is 0. The molecule has 1 unspecified atom stereocenters. The Hall–Kier alpha value is -0.480. The maximum Gasteiger partial charge on any atom is 0.0330 e. The van der Waals surface area contributed by atoms with E-state index in [0.29, 0.717) is 5.92 Å². The molecule has 98 valence electrons. The average molecular weight is 227 g/mol. The largest absolute Gasteiger partial charge is 0.305 e. The molecule has 1 heterocycles. The van der Waals surface area contributed by atoms with E-state index in [4.69, 9.17) is 0 Å². The van der Waals surface area contributed by atoms with Gasteiger partial charge in [-0.1, -0.05) is 47.5 Å². The monoisotopic (exact) mass is 227 g/mol. The highest BCUT2D eigenvalue weighted by Gasteiger charge is 2.13. The van der Waals surface area contributed by atoms with Gasteiger partial charge in [-0.2, -0.15) is 0 Å². The van der Waals surface area contributed by atoms with Crippen LogP contribution in [0.1, 0.15) is 61.3 Å². The van der Waals surface area contributed by atoms with E-state index >= 15 is 0 Å². The zero-order valence-corrected chi connectivity index (χ0v) is 12.9. The normalized spacial score (nSPS) is 18.1. The van der Waals surface area contributed by atoms with Crippen molar-refractivity contribution in [1.82, 2.24) is 4.90 Å². The van der Waals surface area contributed by atoms with Gasteiger partial charge in [-0.05, 0) is 33.4 Å². The molecule has 0 radical (unpaired) electrons. The fourth-order valence-electron chi connectivity index (χ4n) is 1.49. The van der Waals surface area contributed by atoms with Crippen LogP contribution in [0.2, 0.25) is 0 Å². The van der Waals surface area contributed by atoms with E-state index < -0.39 is 0 Å². The third-order valence-electron chi connectivity index (χ3n) is 1.97. The predicted octanol–water partition coefficient (Wildman–Crippen LogP) is 4.43. The summed E-state index contributed by atoms with van der Waals surface area (Å²) in [4.78, 5) is 2.36. The molecule has 0 aromatic rings. The molecule has 0 aromatic heterocycles. The smallest absolute Gasteiger partial charge is 0.0330 e. The number of likely N-dealkylation sites (tertiary alicyclic amines) is 1. The Balaban J connectivity index is -0.000000245. The number of nitrogens with zero attached hydrogens (tertiary/aromatic N) is 1. The summed E-state index contributed by atoms with van der Waals surface area (Å²) in [6, 6.07) is 0. The minimum Gasteiger partial charge on any atom is -0.305 e. The van der Waals surface area contributed by atoms with Crippen molar-refractivity contribution in [3.63, 3.8) is 0 Å². The van der Waals surface area contributed by atoms with Crippen LogP contribution in [0.25, 0.3) is 0 Å². The van der Waals surface area contributed by atoms with Gasteiger partial charge in [0.25, 0.3) is 0 Å². The molecule has 1 aliphatic rings. The van der Waals surface area contributed by atoms with Crippen LogP contribution in [0.5, 0.6) is 0 Å². The van der Waals surface area contributed by atoms with Crippen LogP contribution < -0.4 is 0 Å². The third-order valence-corrected chi connectivity index (χ3v) is 1.97. The summed E-state index contributed by atoms with van der Waals surface area (Å²) in [5, 5.41) is 0. The van der Waals surface area contributed by atoms with E-state index in [1.54, 1.807) is 0 Å². The van der Waals surface area contributed by atoms with E-state index in [-0.39, 0.29) is 0 Å². The molecule has 1 aliphatic heterocycles. The molecule has 1 fully saturated rings. The summed E-state index contributed by atoms with van der Waals surface area (Å²) in [6.45, 7) is 16.3. The Morgan fingerprint density at radius 3 is 1.88 bits per heavy atom. The van der Waals surface area contributed by atoms with Gasteiger partial charge in [0.05, 0.1) is 0 Å². The van der Waals surface area contributed by atoms with Crippen molar-refractivity contribution >= 4 is 0 Å². The van der Waals surface area contributed by atoms with Gasteiger partial charge >= 0.3 is 0 Å². The average Bonchev–Trinajstić information content (AvgIpc) is 2.37. The standard InChI is InChI=1S/C9H15N.3C2H6/c1-3-5-9-6-4-7-10(2)8-9;3*1-2/h9H,4,6-8H2,1-2H3;3*1-2H3. The van der Waals surface area contributed by atoms with Crippen molar-refractivity contribution in [2.45, 2.75) is 61.3 Å². The van der Waals surface area contributed by atoms with Gasteiger partial charge in [0.15, 0.2) is 0 Å². The predicted molar refractivity (Wildman–Crippen MR) is 77.7 cm³/mol. The molecule has 1 saturated heterocycles. The molecule has 16 heavy (non-hydrogen) atoms. The van der Waals surface area contributed by atoms with Crippen molar-refractivity contribution in [2.24, 2.45) is 5.92 Å². The van der Waals surface area contributed by atoms with E-state index in [1.165, 1.54) is 25.9 Å². The Morgan fingerprint density at radius 1 is 1.00 bits per heavy atom. The molecule has 1 nitrogen and oxygen atoms in total. The van der Waals surface area contributed by atoms with Crippen molar-refractivity contribution in [3.8, 4) is 11.8 Å². The van der Waals surface area contributed by atoms with E-state index in [9.17, 15) is 0 Å². The molecule has 0 aromatic carbocycles. The Morgan fingerprint density at radius 2 is 1.50 bits per heavy atom. The molecule has 1 atom stereocenters. The van der Waals surface area contributed by atoms with Gasteiger partial charge in [0.1, 0.15) is 0 Å². The molecule has 0 spiro atoms. The Labute approximate surface area is 105 Å². The molecular weight excluding hydrogens is 194 g/mol. The first-order chi connectivity index (χ1) is 7.83. The maximum absolute atomic E-state index is 3.22. The van der Waals surface area contributed by atoms with Gasteiger partial charge in [-0.3, -0.25) is 0 Å². The van der Waals surface area contributed by atoms with E-state index in [1.807, 2.05) is 48.5 Å². The van der Waals surface area contributed by atoms with Crippen LogP contribution in [0.4, 0.5) is 0 Å². The molecular formula is C15H33N. The highest BCUT2D eigenvalue weighted by Crippen LogP contribution is 2.13. The summed E-state index contributed by atoms with van der Waals surface area (Å²) in [5.41, 5.74) is 0. The molecule has 0 amide bonds. The quantitative estimate of drug-likeness (QED) is 0.553. The number of hydrogen-bond donors (Lipinski definition) is 0. The van der Waals surface area contributed by atoms with Crippen molar-refractivity contribution in [2.75, 3.05) is 20.1 Å². The first-order valence-electron chi connectivity index (χ1n) is 6.93. The van der Waals surface area contributed by atoms with Crippen molar-refractivity contribution in [3.05, 3.63) is 0 Å². The van der Waals surface area contributed by atoms with Crippen LogP contribution in [-0.2, 0) is 0 Å². The van der Waals surface area contributed by atoms with Gasteiger partial charge in [-0.25, -0.2) is 0 Å². The van der Waals surface area contributed by atoms with Gasteiger partial charge < -0.3 is 4.90 Å². The van der Waals surface area contributed by atoms with E-state index in [0.717, 1.165) is 0 Å². The van der Waals surface area contributed by atoms with Crippen LogP contribution in [0.3, 0.4) is 0 Å². The van der Waals surface area contributed by atoms with Crippen molar-refractivity contribution in [1.29, 1.82) is 0 Å². The first kappa shape index (κ1) is 20.9. The lowest BCUT2D eigenvalue weighted by molar-refractivity contribution is 0.242. The summed E-state index contributed by atoms with van der Waals surface area (Å²) in [6.07, 6.45) is 2.61. The molecule has 0 saturated carbocycles. The molecule has 0 bridgehead atoms.